The van der Waals surface area contributed by atoms with Gasteiger partial charge < -0.3 is 9.80 Å². The van der Waals surface area contributed by atoms with E-state index in [-0.39, 0.29) is 17.1 Å². The van der Waals surface area contributed by atoms with Crippen LogP contribution in [0.4, 0.5) is 0 Å². The quantitative estimate of drug-likeness (QED) is 0.430. The topological polar surface area (TPSA) is 35.9 Å². The number of allylic oxidation sites excluding steroid dienone is 9. The fraction of sp³-hybridized carbons (Fsp3) is 0.455. The van der Waals surface area contributed by atoms with Crippen LogP contribution in [0.3, 0.4) is 0 Å². The number of aliphatic imine (C=N–C) groups is 1. The van der Waals surface area contributed by atoms with Crippen LogP contribution in [0.25, 0.3) is 0 Å². The van der Waals surface area contributed by atoms with Crippen LogP contribution in [0.1, 0.15) is 20.8 Å². The van der Waals surface area contributed by atoms with E-state index in [1.807, 2.05) is 17.1 Å². The molecule has 1 saturated heterocycles. The second-order valence-corrected chi connectivity index (χ2v) is 7.68. The van der Waals surface area contributed by atoms with Crippen LogP contribution in [0, 0.1) is 5.41 Å². The van der Waals surface area contributed by atoms with Crippen molar-refractivity contribution >= 4 is 24.8 Å². The van der Waals surface area contributed by atoms with Crippen molar-refractivity contribution in [2.24, 2.45) is 10.4 Å². The highest BCUT2D eigenvalue weighted by Crippen LogP contribution is 2.42. The van der Waals surface area contributed by atoms with Crippen LogP contribution in [0.5, 0.6) is 0 Å². The highest BCUT2D eigenvalue weighted by Gasteiger charge is 2.35. The first-order valence-corrected chi connectivity index (χ1v) is 10.0. The van der Waals surface area contributed by atoms with E-state index in [2.05, 4.69) is 73.7 Å². The highest BCUT2D eigenvalue weighted by molar-refractivity contribution is 7.81. The maximum Gasteiger partial charge on any atom is 0.232 e. The monoisotopic (exact) mass is 385 g/mol. The fourth-order valence-electron chi connectivity index (χ4n) is 3.41. The van der Waals surface area contributed by atoms with E-state index in [9.17, 15) is 4.79 Å². The summed E-state index contributed by atoms with van der Waals surface area (Å²) in [5, 5.41) is 0. The summed E-state index contributed by atoms with van der Waals surface area (Å²) >= 11 is 4.10. The second kappa shape index (κ2) is 9.79. The predicted octanol–water partition coefficient (Wildman–Crippen LogP) is 3.67. The van der Waals surface area contributed by atoms with Crippen LogP contribution in [-0.4, -0.2) is 60.9 Å². The van der Waals surface area contributed by atoms with Crippen molar-refractivity contribution in [3.8, 4) is 0 Å². The molecule has 5 heteroatoms. The number of amides is 1. The minimum Gasteiger partial charge on any atom is -0.371 e. The number of hydrogen-bond acceptors (Lipinski definition) is 4. The lowest BCUT2D eigenvalue weighted by Gasteiger charge is -2.41. The highest BCUT2D eigenvalue weighted by atomic mass is 32.1. The Morgan fingerprint density at radius 2 is 1.93 bits per heavy atom. The van der Waals surface area contributed by atoms with Gasteiger partial charge in [0.1, 0.15) is 0 Å². The van der Waals surface area contributed by atoms with Crippen molar-refractivity contribution in [1.82, 2.24) is 9.80 Å². The van der Waals surface area contributed by atoms with Crippen molar-refractivity contribution in [2.45, 2.75) is 20.8 Å². The van der Waals surface area contributed by atoms with Gasteiger partial charge in [-0.05, 0) is 24.6 Å². The van der Waals surface area contributed by atoms with Crippen molar-refractivity contribution in [3.05, 3.63) is 59.4 Å². The Bertz CT molecular complexity index is 718. The molecular formula is C22H31N3OS. The average Bonchev–Trinajstić information content (AvgIpc) is 2.97. The summed E-state index contributed by atoms with van der Waals surface area (Å²) in [6.45, 7) is 9.93. The molecule has 0 aromatic heterocycles. The third kappa shape index (κ3) is 5.48. The zero-order valence-corrected chi connectivity index (χ0v) is 17.7. The SMILES string of the molecule is CN=C\C=C/C=C(C)/C=C/C1=CC=C(N2CCN(C(=O)CS)CC2)C1(C)C. The minimum absolute atomic E-state index is 0.0305. The Kier molecular flexibility index (Phi) is 7.72. The summed E-state index contributed by atoms with van der Waals surface area (Å²) in [6.07, 6.45) is 16.6. The standard InChI is InChI=1S/C22H31N3OS/c1-18(7-5-6-12-23-4)8-9-19-10-11-20(22(19,2)3)24-13-15-25(16-14-24)21(26)17-27/h5-12,27H,13-17H2,1-4H3/b6-5-,9-8+,18-7+,23-12?. The van der Waals surface area contributed by atoms with Gasteiger partial charge in [0.25, 0.3) is 0 Å². The van der Waals surface area contributed by atoms with Gasteiger partial charge in [0.05, 0.1) is 5.75 Å². The largest absolute Gasteiger partial charge is 0.371 e. The van der Waals surface area contributed by atoms with Gasteiger partial charge >= 0.3 is 0 Å². The lowest BCUT2D eigenvalue weighted by molar-refractivity contribution is -0.129. The van der Waals surface area contributed by atoms with Gasteiger partial charge in [0.15, 0.2) is 0 Å². The molecule has 0 saturated carbocycles. The Balaban J connectivity index is 1.97. The molecule has 1 heterocycles. The number of carbonyl (C=O) groups is 1. The van der Waals surface area contributed by atoms with E-state index in [0.717, 1.165) is 26.2 Å². The fourth-order valence-corrected chi connectivity index (χ4v) is 3.61. The number of carbonyl (C=O) groups excluding carboxylic acids is 1. The van der Waals surface area contributed by atoms with Crippen molar-refractivity contribution in [2.75, 3.05) is 39.0 Å². The number of nitrogens with zero attached hydrogens (tertiary/aromatic N) is 3. The van der Waals surface area contributed by atoms with Crippen molar-refractivity contribution < 1.29 is 4.79 Å². The van der Waals surface area contributed by atoms with E-state index in [1.165, 1.54) is 16.8 Å². The molecule has 1 fully saturated rings. The molecule has 2 rings (SSSR count). The number of piperazine rings is 1. The van der Waals surface area contributed by atoms with Crippen molar-refractivity contribution in [3.63, 3.8) is 0 Å². The molecule has 27 heavy (non-hydrogen) atoms. The Morgan fingerprint density at radius 3 is 2.56 bits per heavy atom. The first-order chi connectivity index (χ1) is 12.9. The Hall–Kier alpha value is -2.01. The lowest BCUT2D eigenvalue weighted by atomic mass is 9.83. The van der Waals surface area contributed by atoms with Gasteiger partial charge in [-0.25, -0.2) is 0 Å². The van der Waals surface area contributed by atoms with Crippen LogP contribution < -0.4 is 0 Å². The molecule has 1 amide bonds. The number of thiol groups is 1. The number of hydrogen-bond donors (Lipinski definition) is 1. The summed E-state index contributed by atoms with van der Waals surface area (Å²) in [6, 6.07) is 0. The third-order valence-corrected chi connectivity index (χ3v) is 5.39. The lowest BCUT2D eigenvalue weighted by Crippen LogP contribution is -2.50. The molecule has 2 aliphatic rings. The summed E-state index contributed by atoms with van der Waals surface area (Å²) in [5.41, 5.74) is 3.80. The Morgan fingerprint density at radius 1 is 1.22 bits per heavy atom. The molecule has 0 radical (unpaired) electrons. The van der Waals surface area contributed by atoms with E-state index < -0.39 is 0 Å². The zero-order chi connectivity index (χ0) is 19.9. The van der Waals surface area contributed by atoms with Crippen LogP contribution in [0.2, 0.25) is 0 Å². The smallest absolute Gasteiger partial charge is 0.232 e. The third-order valence-electron chi connectivity index (χ3n) is 5.12. The van der Waals surface area contributed by atoms with Crippen LogP contribution in [-0.2, 0) is 4.79 Å². The summed E-state index contributed by atoms with van der Waals surface area (Å²) in [5.74, 6) is 0.416. The van der Waals surface area contributed by atoms with Crippen molar-refractivity contribution in [1.29, 1.82) is 0 Å². The molecule has 0 bridgehead atoms. The number of rotatable bonds is 6. The van der Waals surface area contributed by atoms with Gasteiger partial charge in [-0.1, -0.05) is 49.8 Å². The van der Waals surface area contributed by atoms with E-state index in [0.29, 0.717) is 0 Å². The van der Waals surface area contributed by atoms with E-state index in [4.69, 9.17) is 0 Å². The zero-order valence-electron chi connectivity index (χ0n) is 16.9. The molecule has 4 nitrogen and oxygen atoms in total. The van der Waals surface area contributed by atoms with Gasteiger partial charge in [-0.15, -0.1) is 0 Å². The summed E-state index contributed by atoms with van der Waals surface area (Å²) in [4.78, 5) is 20.1. The van der Waals surface area contributed by atoms with Crippen LogP contribution in [0.15, 0.2) is 64.4 Å². The summed E-state index contributed by atoms with van der Waals surface area (Å²) in [7, 11) is 1.76. The van der Waals surface area contributed by atoms with E-state index in [1.54, 1.807) is 13.3 Å². The maximum atomic E-state index is 11.8. The molecule has 1 aliphatic heterocycles. The van der Waals surface area contributed by atoms with E-state index >= 15 is 0 Å². The molecule has 146 valence electrons. The Labute approximate surface area is 169 Å². The van der Waals surface area contributed by atoms with Gasteiger partial charge in [-0.3, -0.25) is 9.79 Å². The second-order valence-electron chi connectivity index (χ2n) is 7.36. The molecular weight excluding hydrogens is 354 g/mol. The average molecular weight is 386 g/mol. The molecule has 0 aromatic carbocycles. The van der Waals surface area contributed by atoms with Crippen LogP contribution >= 0.6 is 12.6 Å². The molecule has 0 N–H and O–H groups in total. The predicted molar refractivity (Wildman–Crippen MR) is 118 cm³/mol. The van der Waals surface area contributed by atoms with Gasteiger partial charge in [-0.2, -0.15) is 12.6 Å². The molecule has 0 atom stereocenters. The first-order valence-electron chi connectivity index (χ1n) is 9.40. The molecule has 1 aliphatic carbocycles. The van der Waals surface area contributed by atoms with Gasteiger partial charge in [0.2, 0.25) is 5.91 Å². The maximum absolute atomic E-state index is 11.8. The minimum atomic E-state index is -0.0305. The molecule has 0 spiro atoms. The van der Waals surface area contributed by atoms with Gasteiger partial charge in [0, 0.05) is 50.6 Å². The normalized spacial score (nSPS) is 20.9. The summed E-state index contributed by atoms with van der Waals surface area (Å²) < 4.78 is 0. The molecule has 0 unspecified atom stereocenters. The molecule has 0 aromatic rings. The first kappa shape index (κ1) is 21.3.